The van der Waals surface area contributed by atoms with Crippen molar-refractivity contribution in [3.8, 4) is 11.1 Å². The molecule has 2 aliphatic rings. The number of carbonyl (C=O) groups is 3. The zero-order chi connectivity index (χ0) is 27.8. The van der Waals surface area contributed by atoms with Crippen molar-refractivity contribution in [1.29, 1.82) is 0 Å². The first-order valence-corrected chi connectivity index (χ1v) is 13.3. The van der Waals surface area contributed by atoms with Crippen LogP contribution in [0.25, 0.3) is 11.1 Å². The van der Waals surface area contributed by atoms with E-state index in [1.165, 1.54) is 53.6 Å². The second-order valence-corrected chi connectivity index (χ2v) is 10.0. The van der Waals surface area contributed by atoms with Crippen molar-refractivity contribution < 1.29 is 24.6 Å². The van der Waals surface area contributed by atoms with Crippen LogP contribution in [0.3, 0.4) is 0 Å². The molecule has 8 nitrogen and oxygen atoms in total. The molecule has 0 radical (unpaired) electrons. The Morgan fingerprint density at radius 3 is 2.23 bits per heavy atom. The van der Waals surface area contributed by atoms with Crippen LogP contribution in [0.15, 0.2) is 66.7 Å². The van der Waals surface area contributed by atoms with Crippen LogP contribution in [0.4, 0.5) is 11.4 Å². The van der Waals surface area contributed by atoms with Crippen LogP contribution in [-0.4, -0.2) is 59.6 Å². The lowest BCUT2D eigenvalue weighted by Gasteiger charge is -2.28. The molecule has 0 unspecified atom stereocenters. The number of carboxylic acids is 2. The molecule has 204 valence electrons. The highest BCUT2D eigenvalue weighted by atomic mass is 16.4. The number of aliphatic carboxylic acids is 2. The first-order valence-electron chi connectivity index (χ1n) is 13.3. The van der Waals surface area contributed by atoms with Gasteiger partial charge in [0.1, 0.15) is 0 Å². The summed E-state index contributed by atoms with van der Waals surface area (Å²) < 4.78 is 0. The molecule has 3 N–H and O–H groups in total. The summed E-state index contributed by atoms with van der Waals surface area (Å²) in [4.78, 5) is 36.2. The van der Waals surface area contributed by atoms with Crippen molar-refractivity contribution in [1.82, 2.24) is 4.90 Å². The molecule has 5 rings (SSSR count). The summed E-state index contributed by atoms with van der Waals surface area (Å²) in [6.45, 7) is 4.21. The molecule has 0 spiro atoms. The first-order chi connectivity index (χ1) is 18.8. The van der Waals surface area contributed by atoms with Gasteiger partial charge in [-0.1, -0.05) is 48.9 Å². The molecule has 1 saturated heterocycles. The summed E-state index contributed by atoms with van der Waals surface area (Å²) in [7, 11) is 2.12. The standard InChI is InChI=1S/C29H33N3O.C2H2O4/c1-31-16-8-11-23-12-14-26(20-28(23)31)30-29(33)24-13-15-27(22-9-4-2-5-10-22)25(19-24)21-32-17-6-3-7-18-32;3-1(4)2(5)6/h2,4-5,9-10,12-15,19-20H,3,6-8,11,16-18,21H2,1H3,(H,30,33);(H,3,4)(H,5,6). The van der Waals surface area contributed by atoms with Crippen molar-refractivity contribution >= 4 is 29.2 Å². The van der Waals surface area contributed by atoms with Gasteiger partial charge in [-0.05, 0) is 85.3 Å². The Hall–Kier alpha value is -4.17. The van der Waals surface area contributed by atoms with Gasteiger partial charge in [-0.3, -0.25) is 9.69 Å². The van der Waals surface area contributed by atoms with Crippen molar-refractivity contribution in [2.45, 2.75) is 38.6 Å². The minimum atomic E-state index is -1.82. The molecule has 0 bridgehead atoms. The largest absolute Gasteiger partial charge is 0.473 e. The molecule has 2 heterocycles. The Labute approximate surface area is 228 Å². The van der Waals surface area contributed by atoms with Crippen molar-refractivity contribution in [2.24, 2.45) is 0 Å². The third-order valence-corrected chi connectivity index (χ3v) is 7.17. The summed E-state index contributed by atoms with van der Waals surface area (Å²) >= 11 is 0. The number of fused-ring (bicyclic) bond motifs is 1. The molecule has 39 heavy (non-hydrogen) atoms. The Morgan fingerprint density at radius 2 is 1.54 bits per heavy atom. The van der Waals surface area contributed by atoms with Crippen molar-refractivity contribution in [3.05, 3.63) is 83.4 Å². The van der Waals surface area contributed by atoms with Crippen LogP contribution in [0.2, 0.25) is 0 Å². The van der Waals surface area contributed by atoms with Crippen LogP contribution in [0.5, 0.6) is 0 Å². The van der Waals surface area contributed by atoms with E-state index >= 15 is 0 Å². The topological polar surface area (TPSA) is 110 Å². The normalized spacial score (nSPS) is 14.9. The maximum Gasteiger partial charge on any atom is 0.414 e. The number of benzene rings is 3. The zero-order valence-electron chi connectivity index (χ0n) is 22.2. The number of carboxylic acid groups (broad SMARTS) is 2. The number of hydrogen-bond donors (Lipinski definition) is 3. The van der Waals surface area contributed by atoms with E-state index in [9.17, 15) is 4.79 Å². The number of rotatable bonds is 5. The molecule has 3 aromatic carbocycles. The van der Waals surface area contributed by atoms with Gasteiger partial charge in [0.15, 0.2) is 0 Å². The Balaban J connectivity index is 0.000000531. The number of likely N-dealkylation sites (tertiary alicyclic amines) is 1. The molecule has 0 saturated carbocycles. The lowest BCUT2D eigenvalue weighted by Crippen LogP contribution is -2.29. The molecule has 0 atom stereocenters. The van der Waals surface area contributed by atoms with Gasteiger partial charge in [0.05, 0.1) is 0 Å². The van der Waals surface area contributed by atoms with Crippen LogP contribution in [-0.2, 0) is 22.6 Å². The van der Waals surface area contributed by atoms with Gasteiger partial charge >= 0.3 is 11.9 Å². The molecule has 0 aromatic heterocycles. The van der Waals surface area contributed by atoms with E-state index in [1.807, 2.05) is 18.2 Å². The van der Waals surface area contributed by atoms with Crippen molar-refractivity contribution in [3.63, 3.8) is 0 Å². The van der Waals surface area contributed by atoms with Crippen LogP contribution in [0, 0.1) is 0 Å². The average Bonchev–Trinajstić information content (AvgIpc) is 2.95. The summed E-state index contributed by atoms with van der Waals surface area (Å²) in [5, 5.41) is 17.9. The van der Waals surface area contributed by atoms with Gasteiger partial charge < -0.3 is 20.4 Å². The second kappa shape index (κ2) is 13.1. The average molecular weight is 530 g/mol. The Kier molecular flexibility index (Phi) is 9.33. The monoisotopic (exact) mass is 529 g/mol. The van der Waals surface area contributed by atoms with Gasteiger partial charge in [0.25, 0.3) is 5.91 Å². The van der Waals surface area contributed by atoms with E-state index in [4.69, 9.17) is 19.8 Å². The number of anilines is 2. The highest BCUT2D eigenvalue weighted by Crippen LogP contribution is 2.30. The van der Waals surface area contributed by atoms with Gasteiger partial charge in [-0.15, -0.1) is 0 Å². The van der Waals surface area contributed by atoms with Crippen LogP contribution >= 0.6 is 0 Å². The maximum absolute atomic E-state index is 13.2. The third kappa shape index (κ3) is 7.45. The quantitative estimate of drug-likeness (QED) is 0.393. The Bertz CT molecular complexity index is 1310. The summed E-state index contributed by atoms with van der Waals surface area (Å²) in [6.07, 6.45) is 6.12. The Morgan fingerprint density at radius 1 is 0.821 bits per heavy atom. The minimum Gasteiger partial charge on any atom is -0.473 e. The number of carbonyl (C=O) groups excluding carboxylic acids is 1. The predicted octanol–water partition coefficient (Wildman–Crippen LogP) is 5.13. The molecule has 1 amide bonds. The van der Waals surface area contributed by atoms with Gasteiger partial charge in [-0.25, -0.2) is 9.59 Å². The third-order valence-electron chi connectivity index (χ3n) is 7.17. The van der Waals surface area contributed by atoms with E-state index in [0.717, 1.165) is 38.3 Å². The van der Waals surface area contributed by atoms with E-state index in [0.29, 0.717) is 5.56 Å². The fourth-order valence-corrected chi connectivity index (χ4v) is 5.16. The summed E-state index contributed by atoms with van der Waals surface area (Å²) in [6, 6.07) is 23.0. The van der Waals surface area contributed by atoms with E-state index < -0.39 is 11.9 Å². The van der Waals surface area contributed by atoms with Crippen LogP contribution < -0.4 is 10.2 Å². The van der Waals surface area contributed by atoms with Gasteiger partial charge in [-0.2, -0.15) is 0 Å². The van der Waals surface area contributed by atoms with Crippen molar-refractivity contribution in [2.75, 3.05) is 36.9 Å². The van der Waals surface area contributed by atoms with E-state index in [-0.39, 0.29) is 5.91 Å². The minimum absolute atomic E-state index is 0.0482. The van der Waals surface area contributed by atoms with E-state index in [2.05, 4.69) is 70.7 Å². The smallest absolute Gasteiger partial charge is 0.414 e. The van der Waals surface area contributed by atoms with Gasteiger partial charge in [0.2, 0.25) is 0 Å². The zero-order valence-corrected chi connectivity index (χ0v) is 22.2. The highest BCUT2D eigenvalue weighted by Gasteiger charge is 2.18. The number of amides is 1. The summed E-state index contributed by atoms with van der Waals surface area (Å²) in [5.74, 6) is -3.70. The fraction of sp³-hybridized carbons (Fsp3) is 0.323. The number of piperidine rings is 1. The van der Waals surface area contributed by atoms with E-state index in [1.54, 1.807) is 0 Å². The molecule has 3 aromatic rings. The number of nitrogens with one attached hydrogen (secondary N) is 1. The molecule has 8 heteroatoms. The lowest BCUT2D eigenvalue weighted by atomic mass is 9.96. The van der Waals surface area contributed by atoms with Gasteiger partial charge in [0, 0.05) is 37.1 Å². The molecule has 2 aliphatic heterocycles. The number of aryl methyl sites for hydroxylation is 1. The molecular formula is C31H35N3O5. The SMILES string of the molecule is CN1CCCc2ccc(NC(=O)c3ccc(-c4ccccc4)c(CN4CCCCC4)c3)cc21.O=C(O)C(=O)O. The summed E-state index contributed by atoms with van der Waals surface area (Å²) in [5.41, 5.74) is 7.80. The highest BCUT2D eigenvalue weighted by molar-refractivity contribution is 6.27. The molecule has 1 fully saturated rings. The number of hydrogen-bond acceptors (Lipinski definition) is 5. The first kappa shape index (κ1) is 27.9. The predicted molar refractivity (Wildman–Crippen MR) is 152 cm³/mol. The van der Waals surface area contributed by atoms with Crippen LogP contribution in [0.1, 0.15) is 47.2 Å². The fourth-order valence-electron chi connectivity index (χ4n) is 5.16. The molecular weight excluding hydrogens is 494 g/mol. The maximum atomic E-state index is 13.2. The second-order valence-electron chi connectivity index (χ2n) is 10.0. The number of nitrogens with zero attached hydrogens (tertiary/aromatic N) is 2. The lowest BCUT2D eigenvalue weighted by molar-refractivity contribution is -0.159. The molecule has 0 aliphatic carbocycles.